The molecule has 8 atom stereocenters. The van der Waals surface area contributed by atoms with Crippen LogP contribution in [0.25, 0.3) is 0 Å². The number of benzene rings is 5. The highest BCUT2D eigenvalue weighted by atomic mass is 16.3. The Morgan fingerprint density at radius 2 is 1.04 bits per heavy atom. The van der Waals surface area contributed by atoms with Crippen molar-refractivity contribution in [3.63, 3.8) is 0 Å². The minimum Gasteiger partial charge on any atom is -0.508 e. The summed E-state index contributed by atoms with van der Waals surface area (Å²) in [5.41, 5.74) is 37.1. The highest BCUT2D eigenvalue weighted by molar-refractivity contribution is 5.95. The van der Waals surface area contributed by atoms with Crippen LogP contribution in [0.15, 0.2) is 126 Å². The molecule has 1 heterocycles. The van der Waals surface area contributed by atoms with Gasteiger partial charge in [0.05, 0.1) is 30.2 Å². The van der Waals surface area contributed by atoms with Gasteiger partial charge in [0, 0.05) is 39.1 Å². The Morgan fingerprint density at radius 1 is 0.520 bits per heavy atom. The summed E-state index contributed by atoms with van der Waals surface area (Å²) in [4.78, 5) is 106. The number of aromatic hydroxyl groups is 2. The van der Waals surface area contributed by atoms with Crippen LogP contribution in [-0.4, -0.2) is 143 Å². The summed E-state index contributed by atoms with van der Waals surface area (Å²) in [6.07, 6.45) is 14.2. The highest BCUT2D eigenvalue weighted by Gasteiger charge is 2.36. The lowest BCUT2D eigenvalue weighted by atomic mass is 9.84. The molecule has 0 bridgehead atoms. The van der Waals surface area contributed by atoms with Crippen molar-refractivity contribution in [2.45, 2.75) is 210 Å². The first kappa shape index (κ1) is 78.4. The number of aliphatic imine (C=N–C) groups is 1. The Hall–Kier alpha value is -8.90. The monoisotopic (exact) mass is 1370 g/mol. The van der Waals surface area contributed by atoms with Crippen molar-refractivity contribution in [2.75, 3.05) is 32.7 Å². The van der Waals surface area contributed by atoms with E-state index < -0.39 is 60.0 Å². The van der Waals surface area contributed by atoms with Crippen molar-refractivity contribution in [2.24, 2.45) is 39.6 Å². The van der Waals surface area contributed by atoms with Gasteiger partial charge in [-0.1, -0.05) is 155 Å². The van der Waals surface area contributed by atoms with E-state index >= 15 is 0 Å². The largest absolute Gasteiger partial charge is 0.508 e. The van der Waals surface area contributed by atoms with Crippen LogP contribution in [0.5, 0.6) is 11.5 Å². The highest BCUT2D eigenvalue weighted by Crippen LogP contribution is 2.29. The number of nitrogens with zero attached hydrogens (tertiary/aromatic N) is 2. The molecule has 7 amide bonds. The molecule has 5 aromatic carbocycles. The van der Waals surface area contributed by atoms with E-state index in [-0.39, 0.29) is 85.9 Å². The molecule has 1 fully saturated rings. The Morgan fingerprint density at radius 3 is 1.66 bits per heavy atom. The fourth-order valence-electron chi connectivity index (χ4n) is 13.5. The number of nitrogens with two attached hydrogens (primary N) is 5. The SMILES string of the molecule is Cc1cc(O)cc(C)c1C[C@H](N)C(=O)N[C@H](CCCN=C(N)N)C(=O)N[C@@H](Cc1ccccc1)C(=O)N[C@@H](CCCCN)C(=O)NCCCCCCCCNC(=O)[C@H](Cc1ccccc1)N[C@H](CC1CCCCC1)C(=O)NCC1Cc2ccccc2CN1C(=O)[C@@H](N)Cc1ccc(O)cc1. The number of hydrogen-bond acceptors (Lipinski definition) is 14. The van der Waals surface area contributed by atoms with Crippen molar-refractivity contribution in [3.8, 4) is 11.5 Å². The first-order valence-corrected chi connectivity index (χ1v) is 36.0. The molecular weight excluding hydrogens is 1260 g/mol. The molecule has 2 aliphatic rings. The lowest BCUT2D eigenvalue weighted by Gasteiger charge is -2.39. The number of amides is 7. The first-order valence-electron chi connectivity index (χ1n) is 36.0. The van der Waals surface area contributed by atoms with Crippen LogP contribution in [-0.2, 0) is 72.2 Å². The number of fused-ring (bicyclic) bond motifs is 1. The molecule has 1 saturated carbocycles. The molecule has 5 aromatic rings. The van der Waals surface area contributed by atoms with Crippen LogP contribution in [0.4, 0.5) is 0 Å². The number of carbonyl (C=O) groups is 7. The van der Waals surface area contributed by atoms with Gasteiger partial charge < -0.3 is 75.7 Å². The van der Waals surface area contributed by atoms with Gasteiger partial charge in [-0.2, -0.15) is 0 Å². The fourth-order valence-corrected chi connectivity index (χ4v) is 13.5. The molecule has 0 saturated heterocycles. The molecule has 1 aliphatic carbocycles. The lowest BCUT2D eigenvalue weighted by Crippen LogP contribution is -2.58. The summed E-state index contributed by atoms with van der Waals surface area (Å²) >= 11 is 0. The van der Waals surface area contributed by atoms with Crippen LogP contribution >= 0.6 is 0 Å². The third-order valence-electron chi connectivity index (χ3n) is 19.2. The van der Waals surface area contributed by atoms with Crippen molar-refractivity contribution < 1.29 is 43.8 Å². The average Bonchev–Trinajstić information content (AvgIpc) is 0.800. The number of phenols is 2. The van der Waals surface area contributed by atoms with E-state index in [9.17, 15) is 43.8 Å². The van der Waals surface area contributed by atoms with Gasteiger partial charge in [0.15, 0.2) is 5.96 Å². The van der Waals surface area contributed by atoms with Crippen molar-refractivity contribution in [1.82, 2.24) is 42.1 Å². The summed E-state index contributed by atoms with van der Waals surface area (Å²) in [6.45, 7) is 5.59. The Kier molecular flexibility index (Phi) is 32.6. The van der Waals surface area contributed by atoms with Gasteiger partial charge >= 0.3 is 0 Å². The Bertz CT molecular complexity index is 3400. The Labute approximate surface area is 590 Å². The number of guanidine groups is 1. The first-order chi connectivity index (χ1) is 48.2. The molecule has 23 heteroatoms. The van der Waals surface area contributed by atoms with Crippen molar-refractivity contribution in [3.05, 3.63) is 166 Å². The smallest absolute Gasteiger partial charge is 0.243 e. The number of unbranched alkanes of at least 4 members (excludes halogenated alkanes) is 6. The summed E-state index contributed by atoms with van der Waals surface area (Å²) in [7, 11) is 0. The van der Waals surface area contributed by atoms with Gasteiger partial charge in [0.1, 0.15) is 29.6 Å². The zero-order chi connectivity index (χ0) is 71.8. The third kappa shape index (κ3) is 26.3. The predicted molar refractivity (Wildman–Crippen MR) is 391 cm³/mol. The van der Waals surface area contributed by atoms with E-state index in [1.54, 1.807) is 41.3 Å². The molecule has 23 nitrogen and oxygen atoms in total. The van der Waals surface area contributed by atoms with Crippen LogP contribution in [0.2, 0.25) is 0 Å². The summed E-state index contributed by atoms with van der Waals surface area (Å²) in [6, 6.07) is 30.0. The van der Waals surface area contributed by atoms with E-state index in [0.717, 1.165) is 109 Å². The normalized spacial score (nSPS) is 15.8. The van der Waals surface area contributed by atoms with Crippen molar-refractivity contribution >= 4 is 47.3 Å². The second-order valence-corrected chi connectivity index (χ2v) is 27.2. The fraction of sp³-hybridized carbons (Fsp3) is 0.506. The van der Waals surface area contributed by atoms with E-state index in [4.69, 9.17) is 28.7 Å². The quantitative estimate of drug-likeness (QED) is 0.0136. The van der Waals surface area contributed by atoms with E-state index in [1.165, 1.54) is 0 Å². The summed E-state index contributed by atoms with van der Waals surface area (Å²) in [5.74, 6) is -2.38. The molecule has 19 N–H and O–H groups in total. The zero-order valence-corrected chi connectivity index (χ0v) is 58.6. The maximum absolute atomic E-state index is 14.7. The minimum absolute atomic E-state index is 0.0786. The Balaban J connectivity index is 0.906. The number of phenolic OH excluding ortho intramolecular Hbond substituents is 2. The predicted octanol–water partition coefficient (Wildman–Crippen LogP) is 5.22. The van der Waals surface area contributed by atoms with Crippen LogP contribution in [0, 0.1) is 19.8 Å². The van der Waals surface area contributed by atoms with Crippen LogP contribution in [0.3, 0.4) is 0 Å². The average molecular weight is 1380 g/mol. The van der Waals surface area contributed by atoms with Crippen LogP contribution in [0.1, 0.15) is 154 Å². The van der Waals surface area contributed by atoms with Gasteiger partial charge in [0.2, 0.25) is 41.4 Å². The molecule has 7 rings (SSSR count). The second-order valence-electron chi connectivity index (χ2n) is 27.2. The maximum Gasteiger partial charge on any atom is 0.243 e. The van der Waals surface area contributed by atoms with Gasteiger partial charge in [-0.05, 0) is 172 Å². The number of rotatable bonds is 41. The van der Waals surface area contributed by atoms with Gasteiger partial charge in [-0.3, -0.25) is 43.9 Å². The van der Waals surface area contributed by atoms with Gasteiger partial charge in [-0.25, -0.2) is 0 Å². The second kappa shape index (κ2) is 41.6. The van der Waals surface area contributed by atoms with E-state index in [1.807, 2.05) is 92.7 Å². The van der Waals surface area contributed by atoms with Gasteiger partial charge in [-0.15, -0.1) is 0 Å². The van der Waals surface area contributed by atoms with Gasteiger partial charge in [0.25, 0.3) is 0 Å². The van der Waals surface area contributed by atoms with Crippen molar-refractivity contribution in [1.29, 1.82) is 0 Å². The minimum atomic E-state index is -1.16. The molecule has 542 valence electrons. The van der Waals surface area contributed by atoms with Crippen LogP contribution < -0.4 is 65.9 Å². The maximum atomic E-state index is 14.7. The molecule has 1 aliphatic heterocycles. The molecule has 0 radical (unpaired) electrons. The molecule has 0 aromatic heterocycles. The summed E-state index contributed by atoms with van der Waals surface area (Å²) in [5, 5.41) is 41.5. The van der Waals surface area contributed by atoms with E-state index in [2.05, 4.69) is 48.3 Å². The number of aryl methyl sites for hydroxylation is 2. The molecule has 100 heavy (non-hydrogen) atoms. The lowest BCUT2D eigenvalue weighted by molar-refractivity contribution is -0.137. The molecule has 1 unspecified atom stereocenters. The number of nitrogens with one attached hydrogen (secondary N) is 7. The number of carbonyl (C=O) groups excluding carboxylic acids is 7. The molecule has 0 spiro atoms. The number of hydrogen-bond donors (Lipinski definition) is 14. The zero-order valence-electron chi connectivity index (χ0n) is 58.6. The molecular formula is C77H110N14O9. The third-order valence-corrected chi connectivity index (χ3v) is 19.2. The van der Waals surface area contributed by atoms with E-state index in [0.29, 0.717) is 83.5 Å². The summed E-state index contributed by atoms with van der Waals surface area (Å²) < 4.78 is 0. The topological polar surface area (TPSA) is 390 Å². The standard InChI is InChI=1S/C77H110N14O9/c1-51-41-61(93)42-52(2)62(51)48-63(79)70(94)88-66(32-22-40-85-77(81)82)74(98)90-69(46-55-27-14-9-15-28-55)75(99)89-65(31-18-19-37-78)71(95)83-38-20-5-3-4-6-21-39-84-72(96)67(44-53-23-10-7-11-24-53)87-68(45-54-25-12-8-13-26-54)73(97)86-49-59-47-57-29-16-17-30-58(57)50-91(59)76(100)64(80)43-56-33-35-60(92)36-34-56/h7,9-11,14-17,23-24,27-30,33-36,41-42,54,59,63-69,87,92-93H,3-6,8,12-13,18-22,25-26,31-32,37-40,43-50,78-80H2,1-2H3,(H,83,95)(H,84,96)(H,86,97)(H,88,94)(H,89,99)(H,90,98)(H4,81,82,85)/t59?,63-,64-,65-,66+,67-,68+,69-/m0/s1.